The Bertz CT molecular complexity index is 353. The van der Waals surface area contributed by atoms with Crippen molar-refractivity contribution in [3.05, 3.63) is 22.4 Å². The van der Waals surface area contributed by atoms with E-state index in [2.05, 4.69) is 10.6 Å². The molecule has 1 aromatic rings. The topological polar surface area (TPSA) is 61.4 Å². The van der Waals surface area contributed by atoms with Gasteiger partial charge >= 0.3 is 0 Å². The van der Waals surface area contributed by atoms with Gasteiger partial charge in [0.15, 0.2) is 0 Å². The highest BCUT2D eigenvalue weighted by molar-refractivity contribution is 7.07. The number of hydrogen-bond donors (Lipinski definition) is 3. The van der Waals surface area contributed by atoms with Crippen LogP contribution in [-0.2, 0) is 4.79 Å². The van der Waals surface area contributed by atoms with Crippen molar-refractivity contribution in [2.45, 2.75) is 18.9 Å². The van der Waals surface area contributed by atoms with Gasteiger partial charge in [0, 0.05) is 13.1 Å². The smallest absolute Gasteiger partial charge is 0.224 e. The number of rotatable bonds is 4. The van der Waals surface area contributed by atoms with Gasteiger partial charge in [-0.1, -0.05) is 0 Å². The van der Waals surface area contributed by atoms with Gasteiger partial charge in [-0.05, 0) is 41.8 Å². The highest BCUT2D eigenvalue weighted by Gasteiger charge is 2.21. The van der Waals surface area contributed by atoms with E-state index >= 15 is 0 Å². The fraction of sp³-hybridized carbons (Fsp3) is 0.583. The van der Waals surface area contributed by atoms with Gasteiger partial charge < -0.3 is 15.7 Å². The first-order chi connectivity index (χ1) is 8.27. The number of aliphatic hydroxyl groups excluding tert-OH is 1. The van der Waals surface area contributed by atoms with E-state index in [0.717, 1.165) is 31.5 Å². The monoisotopic (exact) mass is 290 g/mol. The number of nitrogens with one attached hydrogen (secondary N) is 2. The Labute approximate surface area is 117 Å². The number of amides is 1. The molecule has 1 aromatic heterocycles. The Hall–Kier alpha value is -0.620. The van der Waals surface area contributed by atoms with Crippen LogP contribution >= 0.6 is 23.7 Å². The van der Waals surface area contributed by atoms with Crippen molar-refractivity contribution in [3.63, 3.8) is 0 Å². The second-order valence-corrected chi connectivity index (χ2v) is 5.14. The van der Waals surface area contributed by atoms with Crippen molar-refractivity contribution in [1.82, 2.24) is 10.6 Å². The molecule has 0 radical (unpaired) electrons. The fourth-order valence-corrected chi connectivity index (χ4v) is 2.71. The Balaban J connectivity index is 0.00000162. The summed E-state index contributed by atoms with van der Waals surface area (Å²) in [6, 6.07) is 1.88. The number of hydrogen-bond acceptors (Lipinski definition) is 4. The van der Waals surface area contributed by atoms with E-state index in [-0.39, 0.29) is 24.2 Å². The molecule has 0 aromatic carbocycles. The van der Waals surface area contributed by atoms with Crippen molar-refractivity contribution in [1.29, 1.82) is 0 Å². The molecule has 0 bridgehead atoms. The number of aliphatic hydroxyl groups is 1. The zero-order chi connectivity index (χ0) is 12.1. The average molecular weight is 291 g/mol. The highest BCUT2D eigenvalue weighted by atomic mass is 35.5. The van der Waals surface area contributed by atoms with Crippen LogP contribution in [0, 0.1) is 5.92 Å². The Morgan fingerprint density at radius 2 is 2.50 bits per heavy atom. The minimum atomic E-state index is -0.596. The van der Waals surface area contributed by atoms with E-state index in [0.29, 0.717) is 6.54 Å². The maximum absolute atomic E-state index is 11.8. The third kappa shape index (κ3) is 4.24. The van der Waals surface area contributed by atoms with Crippen molar-refractivity contribution >= 4 is 29.7 Å². The normalized spacial score (nSPS) is 20.8. The number of carbonyl (C=O) groups excluding carboxylic acids is 1. The molecule has 6 heteroatoms. The Morgan fingerprint density at radius 3 is 3.11 bits per heavy atom. The summed E-state index contributed by atoms with van der Waals surface area (Å²) in [6.45, 7) is 2.05. The molecule has 1 saturated heterocycles. The zero-order valence-electron chi connectivity index (χ0n) is 10.1. The van der Waals surface area contributed by atoms with Crippen LogP contribution in [0.5, 0.6) is 0 Å². The van der Waals surface area contributed by atoms with Crippen LogP contribution in [0.15, 0.2) is 16.8 Å². The summed E-state index contributed by atoms with van der Waals surface area (Å²) in [5.41, 5.74) is 0.872. The maximum Gasteiger partial charge on any atom is 0.224 e. The maximum atomic E-state index is 11.8. The molecule has 1 fully saturated rings. The largest absolute Gasteiger partial charge is 0.387 e. The van der Waals surface area contributed by atoms with Gasteiger partial charge in [0.25, 0.3) is 0 Å². The van der Waals surface area contributed by atoms with Gasteiger partial charge in [-0.2, -0.15) is 11.3 Å². The summed E-state index contributed by atoms with van der Waals surface area (Å²) in [4.78, 5) is 11.8. The van der Waals surface area contributed by atoms with E-state index in [4.69, 9.17) is 0 Å². The molecule has 2 rings (SSSR count). The van der Waals surface area contributed by atoms with Crippen LogP contribution in [-0.4, -0.2) is 30.6 Å². The molecule has 2 atom stereocenters. The lowest BCUT2D eigenvalue weighted by molar-refractivity contribution is -0.125. The standard InChI is InChI=1S/C12H18N2O2S.ClH/c15-11(10-3-5-17-8-10)7-14-12(16)9-2-1-4-13-6-9;/h3,5,8-9,11,13,15H,1-2,4,6-7H2,(H,14,16);1H/t9-,11?;/m1./s1. The minimum Gasteiger partial charge on any atom is -0.387 e. The third-order valence-corrected chi connectivity index (χ3v) is 3.77. The number of carbonyl (C=O) groups is 1. The average Bonchev–Trinajstić information content (AvgIpc) is 2.90. The summed E-state index contributed by atoms with van der Waals surface area (Å²) in [6.07, 6.45) is 1.39. The predicted molar refractivity (Wildman–Crippen MR) is 75.1 cm³/mol. The van der Waals surface area contributed by atoms with Gasteiger partial charge in [-0.25, -0.2) is 0 Å². The molecule has 0 spiro atoms. The van der Waals surface area contributed by atoms with Crippen LogP contribution in [0.25, 0.3) is 0 Å². The second-order valence-electron chi connectivity index (χ2n) is 4.36. The van der Waals surface area contributed by atoms with E-state index in [1.165, 1.54) is 0 Å². The molecular weight excluding hydrogens is 272 g/mol. The molecule has 1 aliphatic heterocycles. The van der Waals surface area contributed by atoms with E-state index in [1.54, 1.807) is 11.3 Å². The van der Waals surface area contributed by atoms with Gasteiger partial charge in [0.05, 0.1) is 12.0 Å². The van der Waals surface area contributed by atoms with Crippen LogP contribution in [0.1, 0.15) is 24.5 Å². The molecule has 0 aliphatic carbocycles. The lowest BCUT2D eigenvalue weighted by Crippen LogP contribution is -2.41. The predicted octanol–water partition coefficient (Wildman–Crippen LogP) is 1.32. The molecule has 1 aliphatic rings. The van der Waals surface area contributed by atoms with E-state index < -0.39 is 6.10 Å². The summed E-state index contributed by atoms with van der Waals surface area (Å²) in [5.74, 6) is 0.102. The van der Waals surface area contributed by atoms with E-state index in [1.807, 2.05) is 16.8 Å². The summed E-state index contributed by atoms with van der Waals surface area (Å²) < 4.78 is 0. The van der Waals surface area contributed by atoms with Crippen LogP contribution in [0.2, 0.25) is 0 Å². The van der Waals surface area contributed by atoms with Crippen LogP contribution in [0.3, 0.4) is 0 Å². The molecule has 102 valence electrons. The van der Waals surface area contributed by atoms with Gasteiger partial charge in [0.2, 0.25) is 5.91 Å². The van der Waals surface area contributed by atoms with Crippen molar-refractivity contribution in [3.8, 4) is 0 Å². The van der Waals surface area contributed by atoms with Crippen molar-refractivity contribution in [2.75, 3.05) is 19.6 Å². The van der Waals surface area contributed by atoms with Gasteiger partial charge in [0.1, 0.15) is 0 Å². The molecule has 2 heterocycles. The summed E-state index contributed by atoms with van der Waals surface area (Å²) >= 11 is 1.55. The molecule has 1 unspecified atom stereocenters. The summed E-state index contributed by atoms with van der Waals surface area (Å²) in [7, 11) is 0. The van der Waals surface area contributed by atoms with Gasteiger partial charge in [-0.15, -0.1) is 12.4 Å². The van der Waals surface area contributed by atoms with Crippen molar-refractivity contribution in [2.24, 2.45) is 5.92 Å². The van der Waals surface area contributed by atoms with E-state index in [9.17, 15) is 9.90 Å². The van der Waals surface area contributed by atoms with Crippen molar-refractivity contribution < 1.29 is 9.90 Å². The highest BCUT2D eigenvalue weighted by Crippen LogP contribution is 2.16. The molecule has 1 amide bonds. The SMILES string of the molecule is Cl.O=C(NCC(O)c1ccsc1)[C@@H]1CCCNC1. The first-order valence-electron chi connectivity index (χ1n) is 5.96. The quantitative estimate of drug-likeness (QED) is 0.784. The lowest BCUT2D eigenvalue weighted by Gasteiger charge is -2.22. The third-order valence-electron chi connectivity index (χ3n) is 3.07. The van der Waals surface area contributed by atoms with Crippen LogP contribution < -0.4 is 10.6 Å². The molecule has 3 N–H and O–H groups in total. The summed E-state index contributed by atoms with van der Waals surface area (Å²) in [5, 5.41) is 19.7. The lowest BCUT2D eigenvalue weighted by atomic mass is 9.99. The zero-order valence-corrected chi connectivity index (χ0v) is 11.7. The number of thiophene rings is 1. The van der Waals surface area contributed by atoms with Crippen LogP contribution in [0.4, 0.5) is 0 Å². The Morgan fingerprint density at radius 1 is 1.67 bits per heavy atom. The Kier molecular flexibility index (Phi) is 6.63. The second kappa shape index (κ2) is 7.74. The molecule has 18 heavy (non-hydrogen) atoms. The molecule has 0 saturated carbocycles. The number of halogens is 1. The van der Waals surface area contributed by atoms with Gasteiger partial charge in [-0.3, -0.25) is 4.79 Å². The minimum absolute atomic E-state index is 0. The fourth-order valence-electron chi connectivity index (χ4n) is 2.00. The number of piperidine rings is 1. The first-order valence-corrected chi connectivity index (χ1v) is 6.90. The molecule has 4 nitrogen and oxygen atoms in total. The first kappa shape index (κ1) is 15.4. The molecular formula is C12H19ClN2O2S.